The Hall–Kier alpha value is -7.56. The Morgan fingerprint density at radius 3 is 1.80 bits per heavy atom. The van der Waals surface area contributed by atoms with Crippen LogP contribution >= 0.6 is 0 Å². The molecule has 4 heteroatoms. The molecule has 0 saturated heterocycles. The van der Waals surface area contributed by atoms with E-state index in [1.807, 2.05) is 0 Å². The normalized spacial score (nSPS) is 13.4. The zero-order chi connectivity index (χ0) is 39.0. The zero-order valence-electron chi connectivity index (χ0n) is 32.6. The van der Waals surface area contributed by atoms with Gasteiger partial charge in [-0.2, -0.15) is 0 Å². The second-order valence-electron chi connectivity index (χ2n) is 16.6. The number of fused-ring (bicyclic) bond motifs is 12. The average molecular weight is 753 g/mol. The van der Waals surface area contributed by atoms with E-state index in [4.69, 9.17) is 9.97 Å². The van der Waals surface area contributed by atoms with Gasteiger partial charge in [-0.15, -0.1) is 0 Å². The van der Waals surface area contributed by atoms with Crippen molar-refractivity contribution < 1.29 is 0 Å². The molecule has 0 bridgehead atoms. The molecule has 0 spiro atoms. The maximum atomic E-state index is 5.59. The molecule has 12 aromatic rings. The van der Waals surface area contributed by atoms with Crippen LogP contribution in [-0.2, 0) is 5.41 Å². The van der Waals surface area contributed by atoms with E-state index in [0.717, 1.165) is 44.3 Å². The molecular formula is C55H36N4. The molecule has 1 aliphatic rings. The van der Waals surface area contributed by atoms with E-state index in [0.29, 0.717) is 5.95 Å². The summed E-state index contributed by atoms with van der Waals surface area (Å²) in [5.41, 5.74) is 13.8. The van der Waals surface area contributed by atoms with Crippen molar-refractivity contribution in [1.29, 1.82) is 0 Å². The third-order valence-electron chi connectivity index (χ3n) is 13.1. The number of rotatable bonds is 3. The first-order valence-corrected chi connectivity index (χ1v) is 20.4. The molecule has 0 fully saturated rings. The molecule has 0 saturated carbocycles. The molecule has 276 valence electrons. The Balaban J connectivity index is 1.09. The van der Waals surface area contributed by atoms with Gasteiger partial charge in [-0.1, -0.05) is 147 Å². The van der Waals surface area contributed by atoms with Crippen molar-refractivity contribution in [3.05, 3.63) is 193 Å². The van der Waals surface area contributed by atoms with Crippen LogP contribution in [0.2, 0.25) is 0 Å². The first-order valence-electron chi connectivity index (χ1n) is 20.4. The summed E-state index contributed by atoms with van der Waals surface area (Å²) in [5.74, 6) is 0.665. The summed E-state index contributed by atoms with van der Waals surface area (Å²) in [7, 11) is 0. The number of para-hydroxylation sites is 3. The van der Waals surface area contributed by atoms with Crippen LogP contribution in [0.4, 0.5) is 0 Å². The van der Waals surface area contributed by atoms with Crippen molar-refractivity contribution in [1.82, 2.24) is 19.1 Å². The van der Waals surface area contributed by atoms with Crippen LogP contribution in [0.5, 0.6) is 0 Å². The van der Waals surface area contributed by atoms with E-state index in [9.17, 15) is 0 Å². The number of nitrogens with zero attached hydrogens (tertiary/aromatic N) is 4. The maximum Gasteiger partial charge on any atom is 0.235 e. The highest BCUT2D eigenvalue weighted by Crippen LogP contribution is 2.52. The molecule has 0 atom stereocenters. The molecular weight excluding hydrogens is 717 g/mol. The molecule has 4 nitrogen and oxygen atoms in total. The molecule has 0 unspecified atom stereocenters. The van der Waals surface area contributed by atoms with Gasteiger partial charge in [0.25, 0.3) is 0 Å². The number of hydrogen-bond donors (Lipinski definition) is 0. The van der Waals surface area contributed by atoms with Crippen LogP contribution in [0.3, 0.4) is 0 Å². The van der Waals surface area contributed by atoms with Gasteiger partial charge >= 0.3 is 0 Å². The molecule has 0 radical (unpaired) electrons. The summed E-state index contributed by atoms with van der Waals surface area (Å²) in [6, 6.07) is 66.3. The number of benzene rings is 9. The summed E-state index contributed by atoms with van der Waals surface area (Å²) in [6.07, 6.45) is 0. The second-order valence-corrected chi connectivity index (χ2v) is 16.6. The van der Waals surface area contributed by atoms with Crippen LogP contribution in [0.15, 0.2) is 182 Å². The fourth-order valence-corrected chi connectivity index (χ4v) is 10.4. The predicted octanol–water partition coefficient (Wildman–Crippen LogP) is 14.1. The van der Waals surface area contributed by atoms with Crippen molar-refractivity contribution in [3.63, 3.8) is 0 Å². The molecule has 3 aromatic heterocycles. The van der Waals surface area contributed by atoms with E-state index in [2.05, 4.69) is 205 Å². The Labute approximate surface area is 340 Å². The molecule has 0 aliphatic heterocycles. The van der Waals surface area contributed by atoms with E-state index >= 15 is 0 Å². The number of hydrogen-bond acceptors (Lipinski definition) is 2. The molecule has 13 rings (SSSR count). The minimum absolute atomic E-state index is 0.118. The van der Waals surface area contributed by atoms with Crippen molar-refractivity contribution >= 4 is 76.1 Å². The lowest BCUT2D eigenvalue weighted by molar-refractivity contribution is 0.660. The first kappa shape index (κ1) is 32.5. The van der Waals surface area contributed by atoms with E-state index in [1.165, 1.54) is 71.0 Å². The Kier molecular flexibility index (Phi) is 6.48. The fraction of sp³-hybridized carbons (Fsp3) is 0.0545. The Morgan fingerprint density at radius 2 is 0.966 bits per heavy atom. The SMILES string of the molecule is CC1(C)c2ccccc2-c2c(-c3nc(-n4c5ccccc5c5cc6c(-n7c8ccccc8c8cc9ccccc9cc87)cccc6cc54)nc4ccccc34)cccc21. The highest BCUT2D eigenvalue weighted by Gasteiger charge is 2.37. The van der Waals surface area contributed by atoms with Crippen LogP contribution in [0, 0.1) is 0 Å². The molecule has 0 amide bonds. The lowest BCUT2D eigenvalue weighted by Crippen LogP contribution is -2.14. The standard InChI is InChI=1S/C55H36N4/c1-55(2)44-23-9-5-20-38(44)52-40(22-14-24-45(52)55)53-39-21-6-10-25-46(39)56-54(57-53)59-48-27-12-8-19-37(48)43-32-41-35(31-51(43)59)17-13-28-49(41)58-47-26-11-7-18-36(47)42-29-33-15-3-4-16-34(33)30-50(42)58/h3-32H,1-2H3. The summed E-state index contributed by atoms with van der Waals surface area (Å²) >= 11 is 0. The summed E-state index contributed by atoms with van der Waals surface area (Å²) in [6.45, 7) is 4.67. The van der Waals surface area contributed by atoms with Gasteiger partial charge in [-0.25, -0.2) is 9.97 Å². The molecule has 59 heavy (non-hydrogen) atoms. The highest BCUT2D eigenvalue weighted by molar-refractivity contribution is 6.17. The van der Waals surface area contributed by atoms with Crippen molar-refractivity contribution in [2.45, 2.75) is 19.3 Å². The molecule has 1 aliphatic carbocycles. The van der Waals surface area contributed by atoms with Gasteiger partial charge in [0, 0.05) is 43.3 Å². The van der Waals surface area contributed by atoms with Gasteiger partial charge < -0.3 is 4.57 Å². The third-order valence-corrected chi connectivity index (χ3v) is 13.1. The fourth-order valence-electron chi connectivity index (χ4n) is 10.4. The average Bonchev–Trinajstić information content (AvgIpc) is 3.86. The van der Waals surface area contributed by atoms with Gasteiger partial charge in [0.05, 0.1) is 39.0 Å². The topological polar surface area (TPSA) is 35.6 Å². The van der Waals surface area contributed by atoms with Crippen LogP contribution in [0.1, 0.15) is 25.0 Å². The van der Waals surface area contributed by atoms with Crippen molar-refractivity contribution in [2.24, 2.45) is 0 Å². The van der Waals surface area contributed by atoms with Gasteiger partial charge in [-0.05, 0) is 86.9 Å². The third kappa shape index (κ3) is 4.43. The van der Waals surface area contributed by atoms with E-state index < -0.39 is 0 Å². The zero-order valence-corrected chi connectivity index (χ0v) is 32.6. The minimum atomic E-state index is -0.118. The van der Waals surface area contributed by atoms with Gasteiger partial charge in [-0.3, -0.25) is 4.57 Å². The Morgan fingerprint density at radius 1 is 0.390 bits per heavy atom. The largest absolute Gasteiger partial charge is 0.309 e. The summed E-state index contributed by atoms with van der Waals surface area (Å²) in [4.78, 5) is 10.9. The van der Waals surface area contributed by atoms with E-state index in [-0.39, 0.29) is 5.41 Å². The summed E-state index contributed by atoms with van der Waals surface area (Å²) in [5, 5.41) is 10.7. The maximum absolute atomic E-state index is 5.59. The lowest BCUT2D eigenvalue weighted by atomic mass is 9.82. The summed E-state index contributed by atoms with van der Waals surface area (Å²) < 4.78 is 4.74. The van der Waals surface area contributed by atoms with Crippen molar-refractivity contribution in [3.8, 4) is 34.0 Å². The first-order chi connectivity index (χ1) is 29.0. The van der Waals surface area contributed by atoms with E-state index in [1.54, 1.807) is 0 Å². The molecule has 3 heterocycles. The number of aromatic nitrogens is 4. The molecule has 0 N–H and O–H groups in total. The van der Waals surface area contributed by atoms with Crippen LogP contribution < -0.4 is 0 Å². The highest BCUT2D eigenvalue weighted by atomic mass is 15.2. The second kappa shape index (κ2) is 11.7. The predicted molar refractivity (Wildman–Crippen MR) is 246 cm³/mol. The monoisotopic (exact) mass is 752 g/mol. The lowest BCUT2D eigenvalue weighted by Gasteiger charge is -2.21. The van der Waals surface area contributed by atoms with Gasteiger partial charge in [0.2, 0.25) is 5.95 Å². The Bertz CT molecular complexity index is 3770. The molecule has 9 aromatic carbocycles. The minimum Gasteiger partial charge on any atom is -0.309 e. The van der Waals surface area contributed by atoms with Gasteiger partial charge in [0.15, 0.2) is 0 Å². The smallest absolute Gasteiger partial charge is 0.235 e. The van der Waals surface area contributed by atoms with Crippen LogP contribution in [0.25, 0.3) is 110 Å². The quantitative estimate of drug-likeness (QED) is 0.180. The van der Waals surface area contributed by atoms with Crippen molar-refractivity contribution in [2.75, 3.05) is 0 Å². The van der Waals surface area contributed by atoms with Gasteiger partial charge in [0.1, 0.15) is 0 Å². The van der Waals surface area contributed by atoms with Crippen LogP contribution in [-0.4, -0.2) is 19.1 Å².